The molecule has 3 rings (SSSR count). The number of fused-ring (bicyclic) bond motifs is 1. The number of hydrazine groups is 1. The molecule has 0 aliphatic carbocycles. The minimum atomic E-state index is 0.576. The van der Waals surface area contributed by atoms with Crippen LogP contribution in [0, 0.1) is 6.92 Å². The summed E-state index contributed by atoms with van der Waals surface area (Å²) in [5.41, 5.74) is 3.33. The molecule has 3 N–H and O–H groups in total. The van der Waals surface area contributed by atoms with Gasteiger partial charge in [0, 0.05) is 7.05 Å². The first-order chi connectivity index (χ1) is 9.67. The van der Waals surface area contributed by atoms with Crippen LogP contribution in [0.15, 0.2) is 10.5 Å². The van der Waals surface area contributed by atoms with E-state index in [1.165, 1.54) is 0 Å². The summed E-state index contributed by atoms with van der Waals surface area (Å²) >= 11 is 3.10. The second kappa shape index (κ2) is 5.31. The van der Waals surface area contributed by atoms with E-state index in [4.69, 9.17) is 5.84 Å². The molecule has 3 aromatic rings. The number of nitrogens with two attached hydrogens (primary N) is 1. The molecule has 8 nitrogen and oxygen atoms in total. The standard InChI is InChI=1S/C10H12N8S2/c1-5-16-17-10(20-5)19-4-7-13-8(15-11)6-3-12-18(2)9(6)14-7/h3H,4,11H2,1-2H3,(H,13,14,15). The summed E-state index contributed by atoms with van der Waals surface area (Å²) in [6.07, 6.45) is 1.69. The van der Waals surface area contributed by atoms with E-state index in [1.54, 1.807) is 34.0 Å². The molecule has 0 aromatic carbocycles. The van der Waals surface area contributed by atoms with E-state index in [-0.39, 0.29) is 0 Å². The molecule has 0 spiro atoms. The van der Waals surface area contributed by atoms with E-state index >= 15 is 0 Å². The van der Waals surface area contributed by atoms with Crippen LogP contribution in [-0.2, 0) is 12.8 Å². The predicted molar refractivity (Wildman–Crippen MR) is 78.3 cm³/mol. The van der Waals surface area contributed by atoms with Gasteiger partial charge in [0.05, 0.1) is 17.3 Å². The van der Waals surface area contributed by atoms with Gasteiger partial charge in [-0.15, -0.1) is 10.2 Å². The number of anilines is 1. The van der Waals surface area contributed by atoms with Gasteiger partial charge < -0.3 is 5.43 Å². The zero-order valence-electron chi connectivity index (χ0n) is 10.9. The van der Waals surface area contributed by atoms with E-state index in [9.17, 15) is 0 Å². The zero-order valence-corrected chi connectivity index (χ0v) is 12.5. The van der Waals surface area contributed by atoms with Gasteiger partial charge in [-0.2, -0.15) is 5.10 Å². The molecule has 0 saturated heterocycles. The Bertz CT molecular complexity index is 749. The summed E-state index contributed by atoms with van der Waals surface area (Å²) in [5.74, 6) is 7.35. The van der Waals surface area contributed by atoms with Crippen LogP contribution in [0.3, 0.4) is 0 Å². The summed E-state index contributed by atoms with van der Waals surface area (Å²) in [5, 5.41) is 13.9. The molecule has 0 amide bonds. The first-order valence-corrected chi connectivity index (χ1v) is 7.55. The summed E-state index contributed by atoms with van der Waals surface area (Å²) in [7, 11) is 1.83. The van der Waals surface area contributed by atoms with E-state index in [1.807, 2.05) is 14.0 Å². The van der Waals surface area contributed by atoms with E-state index in [0.29, 0.717) is 17.4 Å². The van der Waals surface area contributed by atoms with Crippen LogP contribution < -0.4 is 11.3 Å². The molecule has 0 saturated carbocycles. The van der Waals surface area contributed by atoms with Gasteiger partial charge in [-0.25, -0.2) is 15.8 Å². The van der Waals surface area contributed by atoms with Crippen LogP contribution >= 0.6 is 23.1 Å². The number of aryl methyl sites for hydroxylation is 2. The van der Waals surface area contributed by atoms with Gasteiger partial charge in [-0.3, -0.25) is 4.68 Å². The van der Waals surface area contributed by atoms with Crippen LogP contribution in [0.4, 0.5) is 5.82 Å². The average Bonchev–Trinajstić information content (AvgIpc) is 3.03. The van der Waals surface area contributed by atoms with Crippen molar-refractivity contribution >= 4 is 39.9 Å². The summed E-state index contributed by atoms with van der Waals surface area (Å²) in [4.78, 5) is 8.88. The fourth-order valence-corrected chi connectivity index (χ4v) is 3.38. The number of rotatable bonds is 4. The van der Waals surface area contributed by atoms with Gasteiger partial charge in [-0.05, 0) is 6.92 Å². The number of hydrogen-bond acceptors (Lipinski definition) is 9. The highest BCUT2D eigenvalue weighted by Crippen LogP contribution is 2.26. The predicted octanol–water partition coefficient (Wildman–Crippen LogP) is 1.10. The minimum Gasteiger partial charge on any atom is -0.308 e. The normalized spacial score (nSPS) is 11.2. The minimum absolute atomic E-state index is 0.576. The Morgan fingerprint density at radius 3 is 2.95 bits per heavy atom. The van der Waals surface area contributed by atoms with Gasteiger partial charge in [0.15, 0.2) is 15.8 Å². The first-order valence-electron chi connectivity index (χ1n) is 5.75. The average molecular weight is 308 g/mol. The number of nitrogens with zero attached hydrogens (tertiary/aromatic N) is 6. The highest BCUT2D eigenvalue weighted by Gasteiger charge is 2.11. The van der Waals surface area contributed by atoms with Gasteiger partial charge in [-0.1, -0.05) is 23.1 Å². The van der Waals surface area contributed by atoms with Gasteiger partial charge in [0.25, 0.3) is 0 Å². The Hall–Kier alpha value is -1.78. The van der Waals surface area contributed by atoms with Gasteiger partial charge in [0.2, 0.25) is 0 Å². The molecule has 0 aliphatic heterocycles. The molecular formula is C10H12N8S2. The molecule has 10 heteroatoms. The summed E-state index contributed by atoms with van der Waals surface area (Å²) in [6.45, 7) is 1.93. The summed E-state index contributed by atoms with van der Waals surface area (Å²) in [6, 6.07) is 0. The molecule has 0 radical (unpaired) electrons. The highest BCUT2D eigenvalue weighted by atomic mass is 32.2. The van der Waals surface area contributed by atoms with Gasteiger partial charge >= 0.3 is 0 Å². The third kappa shape index (κ3) is 2.44. The molecule has 104 valence electrons. The summed E-state index contributed by atoms with van der Waals surface area (Å²) < 4.78 is 2.60. The van der Waals surface area contributed by atoms with Crippen LogP contribution in [0.5, 0.6) is 0 Å². The lowest BCUT2D eigenvalue weighted by molar-refractivity contribution is 0.782. The Balaban J connectivity index is 1.89. The molecule has 0 unspecified atom stereocenters. The molecule has 3 aromatic heterocycles. The number of hydrogen-bond donors (Lipinski definition) is 2. The number of nitrogens with one attached hydrogen (secondary N) is 1. The number of nitrogen functional groups attached to an aromatic ring is 1. The molecule has 0 fully saturated rings. The van der Waals surface area contributed by atoms with Crippen LogP contribution in [0.25, 0.3) is 11.0 Å². The van der Waals surface area contributed by atoms with Crippen molar-refractivity contribution in [2.24, 2.45) is 12.9 Å². The number of aromatic nitrogens is 6. The second-order valence-corrected chi connectivity index (χ2v) is 6.42. The van der Waals surface area contributed by atoms with Crippen molar-refractivity contribution < 1.29 is 0 Å². The maximum absolute atomic E-state index is 5.50. The smallest absolute Gasteiger partial charge is 0.174 e. The first kappa shape index (κ1) is 13.2. The SMILES string of the molecule is Cc1nnc(SCc2nc(NN)c3cnn(C)c3n2)s1. The van der Waals surface area contributed by atoms with E-state index in [2.05, 4.69) is 30.7 Å². The number of thioether (sulfide) groups is 1. The molecule has 0 bridgehead atoms. The van der Waals surface area contributed by atoms with Crippen LogP contribution in [-0.4, -0.2) is 29.9 Å². The van der Waals surface area contributed by atoms with Crippen molar-refractivity contribution in [3.05, 3.63) is 17.0 Å². The van der Waals surface area contributed by atoms with Gasteiger partial charge in [0.1, 0.15) is 10.8 Å². The topological polar surface area (TPSA) is 107 Å². The largest absolute Gasteiger partial charge is 0.308 e. The molecule has 3 heterocycles. The fourth-order valence-electron chi connectivity index (χ4n) is 1.70. The Morgan fingerprint density at radius 2 is 2.25 bits per heavy atom. The monoisotopic (exact) mass is 308 g/mol. The van der Waals surface area contributed by atoms with Crippen molar-refractivity contribution in [3.63, 3.8) is 0 Å². The fraction of sp³-hybridized carbons (Fsp3) is 0.300. The van der Waals surface area contributed by atoms with Crippen molar-refractivity contribution in [2.45, 2.75) is 17.0 Å². The van der Waals surface area contributed by atoms with E-state index in [0.717, 1.165) is 20.4 Å². The van der Waals surface area contributed by atoms with Crippen molar-refractivity contribution in [3.8, 4) is 0 Å². The van der Waals surface area contributed by atoms with Crippen molar-refractivity contribution in [1.29, 1.82) is 0 Å². The molecule has 20 heavy (non-hydrogen) atoms. The molecule has 0 aliphatic rings. The van der Waals surface area contributed by atoms with Crippen molar-refractivity contribution in [2.75, 3.05) is 5.43 Å². The Labute approximate surface area is 122 Å². The Morgan fingerprint density at radius 1 is 1.40 bits per heavy atom. The molecular weight excluding hydrogens is 296 g/mol. The van der Waals surface area contributed by atoms with Crippen LogP contribution in [0.1, 0.15) is 10.8 Å². The van der Waals surface area contributed by atoms with Crippen LogP contribution in [0.2, 0.25) is 0 Å². The van der Waals surface area contributed by atoms with E-state index < -0.39 is 0 Å². The highest BCUT2D eigenvalue weighted by molar-refractivity contribution is 8.00. The second-order valence-electron chi connectivity index (χ2n) is 4.01. The molecule has 0 atom stereocenters. The third-order valence-corrected chi connectivity index (χ3v) is 4.58. The maximum atomic E-state index is 5.50. The maximum Gasteiger partial charge on any atom is 0.174 e. The lowest BCUT2D eigenvalue weighted by Gasteiger charge is -2.04. The quantitative estimate of drug-likeness (QED) is 0.419. The third-order valence-electron chi connectivity index (χ3n) is 2.61. The lowest BCUT2D eigenvalue weighted by atomic mass is 10.4. The van der Waals surface area contributed by atoms with Crippen molar-refractivity contribution in [1.82, 2.24) is 29.9 Å². The zero-order chi connectivity index (χ0) is 14.1. The Kier molecular flexibility index (Phi) is 3.51. The lowest BCUT2D eigenvalue weighted by Crippen LogP contribution is -2.11.